The van der Waals surface area contributed by atoms with E-state index in [2.05, 4.69) is 11.6 Å². The molecule has 1 atom stereocenters. The highest BCUT2D eigenvalue weighted by Gasteiger charge is 2.17. The molecule has 5 heteroatoms. The van der Waals surface area contributed by atoms with E-state index < -0.39 is 10.0 Å². The van der Waals surface area contributed by atoms with Gasteiger partial charge in [-0.1, -0.05) is 13.0 Å². The number of nitrogen functional groups attached to an aromatic ring is 1. The minimum absolute atomic E-state index is 0.309. The Morgan fingerprint density at radius 2 is 2.00 bits per heavy atom. The summed E-state index contributed by atoms with van der Waals surface area (Å²) in [4.78, 5) is 0. The van der Waals surface area contributed by atoms with Crippen LogP contribution >= 0.6 is 0 Å². The number of nitrogens with two attached hydrogens (primary N) is 1. The van der Waals surface area contributed by atoms with Crippen LogP contribution in [0.5, 0.6) is 0 Å². The number of sulfonamides is 1. The maximum absolute atomic E-state index is 11.2. The Morgan fingerprint density at radius 3 is 2.47 bits per heavy atom. The first-order valence-electron chi connectivity index (χ1n) is 5.61. The Balaban J connectivity index is 3.21. The van der Waals surface area contributed by atoms with Crippen molar-refractivity contribution in [3.8, 4) is 0 Å². The maximum Gasteiger partial charge on any atom is 0.209 e. The van der Waals surface area contributed by atoms with Crippen molar-refractivity contribution in [2.24, 2.45) is 0 Å². The van der Waals surface area contributed by atoms with Crippen molar-refractivity contribution in [1.29, 1.82) is 0 Å². The molecule has 0 bridgehead atoms. The van der Waals surface area contributed by atoms with Gasteiger partial charge in [0.1, 0.15) is 0 Å². The molecule has 0 radical (unpaired) electrons. The number of nitrogens with one attached hydrogen (secondary N) is 1. The van der Waals surface area contributed by atoms with Gasteiger partial charge in [0.15, 0.2) is 0 Å². The second-order valence-electron chi connectivity index (χ2n) is 4.32. The Hall–Kier alpha value is -1.07. The molecule has 0 heterocycles. The molecule has 1 rings (SSSR count). The molecule has 1 aromatic rings. The summed E-state index contributed by atoms with van der Waals surface area (Å²) in [5.74, 6) is 0. The van der Waals surface area contributed by atoms with Gasteiger partial charge in [0.25, 0.3) is 0 Å². The van der Waals surface area contributed by atoms with Crippen molar-refractivity contribution in [3.63, 3.8) is 0 Å². The Bertz CT molecular complexity index is 509. The number of hydrogen-bond acceptors (Lipinski definition) is 3. The molecule has 0 fully saturated rings. The zero-order valence-electron chi connectivity index (χ0n) is 10.7. The lowest BCUT2D eigenvalue weighted by Crippen LogP contribution is -2.26. The molecule has 0 saturated carbocycles. The molecule has 0 amide bonds. The zero-order valence-corrected chi connectivity index (χ0v) is 11.6. The quantitative estimate of drug-likeness (QED) is 0.806. The molecule has 4 nitrogen and oxygen atoms in total. The zero-order chi connectivity index (χ0) is 13.2. The van der Waals surface area contributed by atoms with Crippen LogP contribution in [0.15, 0.2) is 12.1 Å². The second kappa shape index (κ2) is 5.06. The third kappa shape index (κ3) is 3.44. The van der Waals surface area contributed by atoms with Crippen LogP contribution in [0.3, 0.4) is 0 Å². The number of aryl methyl sites for hydroxylation is 1. The minimum Gasteiger partial charge on any atom is -0.398 e. The summed E-state index contributed by atoms with van der Waals surface area (Å²) < 4.78 is 25.0. The van der Waals surface area contributed by atoms with Crippen molar-refractivity contribution < 1.29 is 8.42 Å². The van der Waals surface area contributed by atoms with E-state index in [1.807, 2.05) is 19.1 Å². The van der Waals surface area contributed by atoms with Crippen LogP contribution in [-0.4, -0.2) is 14.7 Å². The number of rotatable bonds is 4. The molecular formula is C12H20N2O2S. The van der Waals surface area contributed by atoms with Crippen LogP contribution in [-0.2, 0) is 16.4 Å². The SMILES string of the molecule is CCc1ccc(N)c(C(C)NS(C)(=O)=O)c1C. The molecule has 0 aliphatic carbocycles. The number of anilines is 1. The lowest BCUT2D eigenvalue weighted by Gasteiger charge is -2.19. The van der Waals surface area contributed by atoms with Crippen molar-refractivity contribution >= 4 is 15.7 Å². The van der Waals surface area contributed by atoms with Gasteiger partial charge in [-0.3, -0.25) is 0 Å². The third-order valence-corrected chi connectivity index (χ3v) is 3.65. The predicted molar refractivity (Wildman–Crippen MR) is 71.4 cm³/mol. The van der Waals surface area contributed by atoms with Gasteiger partial charge in [-0.15, -0.1) is 0 Å². The van der Waals surface area contributed by atoms with Crippen molar-refractivity contribution in [2.75, 3.05) is 12.0 Å². The van der Waals surface area contributed by atoms with Crippen LogP contribution in [0.25, 0.3) is 0 Å². The summed E-state index contributed by atoms with van der Waals surface area (Å²) in [6.07, 6.45) is 2.06. The van der Waals surface area contributed by atoms with Crippen molar-refractivity contribution in [3.05, 3.63) is 28.8 Å². The molecule has 1 aromatic carbocycles. The van der Waals surface area contributed by atoms with E-state index in [4.69, 9.17) is 5.73 Å². The van der Waals surface area contributed by atoms with E-state index >= 15 is 0 Å². The molecular weight excluding hydrogens is 236 g/mol. The lowest BCUT2D eigenvalue weighted by atomic mass is 9.95. The van der Waals surface area contributed by atoms with E-state index in [9.17, 15) is 8.42 Å². The van der Waals surface area contributed by atoms with Crippen LogP contribution < -0.4 is 10.5 Å². The van der Waals surface area contributed by atoms with Crippen LogP contribution in [0.1, 0.15) is 36.6 Å². The van der Waals surface area contributed by atoms with E-state index in [1.165, 1.54) is 5.56 Å². The molecule has 0 aliphatic heterocycles. The van der Waals surface area contributed by atoms with Crippen LogP contribution in [0, 0.1) is 6.92 Å². The maximum atomic E-state index is 11.2. The van der Waals surface area contributed by atoms with Gasteiger partial charge in [-0.05, 0) is 43.0 Å². The first-order valence-corrected chi connectivity index (χ1v) is 7.50. The Labute approximate surface area is 103 Å². The molecule has 0 aliphatic rings. The molecule has 96 valence electrons. The minimum atomic E-state index is -3.23. The van der Waals surface area contributed by atoms with E-state index in [0.29, 0.717) is 5.69 Å². The number of benzene rings is 1. The lowest BCUT2D eigenvalue weighted by molar-refractivity contribution is 0.573. The van der Waals surface area contributed by atoms with Gasteiger partial charge >= 0.3 is 0 Å². The van der Waals surface area contributed by atoms with E-state index in [-0.39, 0.29) is 6.04 Å². The fourth-order valence-corrected chi connectivity index (χ4v) is 2.89. The fraction of sp³-hybridized carbons (Fsp3) is 0.500. The predicted octanol–water partition coefficient (Wildman–Crippen LogP) is 1.75. The standard InChI is InChI=1S/C12H20N2O2S/c1-5-10-6-7-11(13)12(8(10)2)9(3)14-17(4,15)16/h6-7,9,14H,5,13H2,1-4H3. The smallest absolute Gasteiger partial charge is 0.209 e. The summed E-state index contributed by atoms with van der Waals surface area (Å²) in [7, 11) is -3.23. The molecule has 0 saturated heterocycles. The highest BCUT2D eigenvalue weighted by Crippen LogP contribution is 2.27. The summed E-state index contributed by atoms with van der Waals surface area (Å²) in [6, 6.07) is 3.51. The Morgan fingerprint density at radius 1 is 1.41 bits per heavy atom. The fourth-order valence-electron chi connectivity index (χ4n) is 2.13. The van der Waals surface area contributed by atoms with Gasteiger partial charge in [-0.25, -0.2) is 13.1 Å². The summed E-state index contributed by atoms with van der Waals surface area (Å²) in [6.45, 7) is 5.85. The summed E-state index contributed by atoms with van der Waals surface area (Å²) >= 11 is 0. The van der Waals surface area contributed by atoms with Crippen LogP contribution in [0.2, 0.25) is 0 Å². The molecule has 17 heavy (non-hydrogen) atoms. The average Bonchev–Trinajstić information content (AvgIpc) is 2.15. The first kappa shape index (κ1) is 14.0. The molecule has 1 unspecified atom stereocenters. The highest BCUT2D eigenvalue weighted by atomic mass is 32.2. The third-order valence-electron chi connectivity index (χ3n) is 2.87. The summed E-state index contributed by atoms with van der Waals surface area (Å²) in [5, 5.41) is 0. The normalized spacial score (nSPS) is 13.6. The van der Waals surface area contributed by atoms with Gasteiger partial charge in [0.2, 0.25) is 10.0 Å². The van der Waals surface area contributed by atoms with Crippen molar-refractivity contribution in [2.45, 2.75) is 33.2 Å². The van der Waals surface area contributed by atoms with Gasteiger partial charge in [-0.2, -0.15) is 0 Å². The monoisotopic (exact) mass is 256 g/mol. The molecule has 0 aromatic heterocycles. The van der Waals surface area contributed by atoms with Gasteiger partial charge in [0.05, 0.1) is 6.26 Å². The molecule has 0 spiro atoms. The summed E-state index contributed by atoms with van der Waals surface area (Å²) in [5.41, 5.74) is 9.69. The highest BCUT2D eigenvalue weighted by molar-refractivity contribution is 7.88. The number of hydrogen-bond donors (Lipinski definition) is 2. The van der Waals surface area contributed by atoms with Crippen molar-refractivity contribution in [1.82, 2.24) is 4.72 Å². The van der Waals surface area contributed by atoms with E-state index in [0.717, 1.165) is 23.8 Å². The molecule has 3 N–H and O–H groups in total. The Kier molecular flexibility index (Phi) is 4.16. The first-order chi connectivity index (χ1) is 7.76. The topological polar surface area (TPSA) is 72.2 Å². The largest absolute Gasteiger partial charge is 0.398 e. The van der Waals surface area contributed by atoms with Crippen LogP contribution in [0.4, 0.5) is 5.69 Å². The van der Waals surface area contributed by atoms with E-state index in [1.54, 1.807) is 6.92 Å². The van der Waals surface area contributed by atoms with Gasteiger partial charge in [0, 0.05) is 11.7 Å². The van der Waals surface area contributed by atoms with Gasteiger partial charge < -0.3 is 5.73 Å². The average molecular weight is 256 g/mol. The second-order valence-corrected chi connectivity index (χ2v) is 6.10.